The number of aliphatic hydroxyl groups excluding tert-OH is 1. The Kier molecular flexibility index (Phi) is 4.19. The first-order valence-corrected chi connectivity index (χ1v) is 6.47. The molecule has 18 heavy (non-hydrogen) atoms. The molecular weight excluding hydrogens is 236 g/mol. The van der Waals surface area contributed by atoms with Gasteiger partial charge in [-0.1, -0.05) is 0 Å². The number of hydrogen-bond donors (Lipinski definition) is 2. The highest BCUT2D eigenvalue weighted by atomic mass is 16.4. The van der Waals surface area contributed by atoms with Crippen LogP contribution in [0.1, 0.15) is 19.3 Å². The largest absolute Gasteiger partial charge is 0.481 e. The van der Waals surface area contributed by atoms with E-state index in [1.807, 2.05) is 4.90 Å². The van der Waals surface area contributed by atoms with Crippen molar-refractivity contribution in [1.29, 1.82) is 0 Å². The minimum absolute atomic E-state index is 0.0490. The quantitative estimate of drug-likeness (QED) is 0.703. The van der Waals surface area contributed by atoms with Crippen LogP contribution in [0.15, 0.2) is 0 Å². The summed E-state index contributed by atoms with van der Waals surface area (Å²) in [5.74, 6) is -1.01. The second kappa shape index (κ2) is 5.67. The van der Waals surface area contributed by atoms with Crippen molar-refractivity contribution in [1.82, 2.24) is 9.80 Å². The highest BCUT2D eigenvalue weighted by Crippen LogP contribution is 2.18. The van der Waals surface area contributed by atoms with Gasteiger partial charge in [-0.25, -0.2) is 0 Å². The van der Waals surface area contributed by atoms with Gasteiger partial charge in [0.2, 0.25) is 5.91 Å². The summed E-state index contributed by atoms with van der Waals surface area (Å²) in [6, 6.07) is 0. The molecule has 0 aromatic carbocycles. The van der Waals surface area contributed by atoms with Gasteiger partial charge in [-0.15, -0.1) is 0 Å². The average Bonchev–Trinajstić information content (AvgIpc) is 2.75. The highest BCUT2D eigenvalue weighted by molar-refractivity contribution is 5.79. The van der Waals surface area contributed by atoms with Crippen LogP contribution in [0.25, 0.3) is 0 Å². The molecule has 2 saturated heterocycles. The molecule has 1 atom stereocenters. The molecule has 6 heteroatoms. The molecule has 2 N–H and O–H groups in total. The summed E-state index contributed by atoms with van der Waals surface area (Å²) in [6.07, 6.45) is 1.51. The zero-order valence-corrected chi connectivity index (χ0v) is 10.4. The predicted molar refractivity (Wildman–Crippen MR) is 64.0 cm³/mol. The maximum absolute atomic E-state index is 12.0. The molecule has 0 aromatic heterocycles. The summed E-state index contributed by atoms with van der Waals surface area (Å²) >= 11 is 0. The summed E-state index contributed by atoms with van der Waals surface area (Å²) in [6.45, 7) is 2.74. The number of piperidine rings is 1. The maximum Gasteiger partial charge on any atom is 0.306 e. The van der Waals surface area contributed by atoms with E-state index in [0.717, 1.165) is 13.0 Å². The summed E-state index contributed by atoms with van der Waals surface area (Å²) < 4.78 is 0. The lowest BCUT2D eigenvalue weighted by molar-refractivity contribution is -0.145. The number of carboxylic acid groups (broad SMARTS) is 1. The molecule has 2 rings (SSSR count). The van der Waals surface area contributed by atoms with Gasteiger partial charge in [-0.3, -0.25) is 14.5 Å². The molecular formula is C12H20N2O4. The van der Waals surface area contributed by atoms with Crippen LogP contribution in [0.4, 0.5) is 0 Å². The molecule has 1 amide bonds. The number of aliphatic carboxylic acids is 1. The molecule has 2 heterocycles. The van der Waals surface area contributed by atoms with Crippen LogP contribution in [-0.4, -0.2) is 70.7 Å². The van der Waals surface area contributed by atoms with Crippen LogP contribution in [0.2, 0.25) is 0 Å². The smallest absolute Gasteiger partial charge is 0.306 e. The Bertz CT molecular complexity index is 326. The summed E-state index contributed by atoms with van der Waals surface area (Å²) in [4.78, 5) is 26.5. The summed E-state index contributed by atoms with van der Waals surface area (Å²) in [7, 11) is 0. The standard InChI is InChI=1S/C12H20N2O4/c15-10-3-4-13(7-10)8-11(16)14-5-1-9(2-6-14)12(17)18/h9-10,15H,1-8H2,(H,17,18). The number of rotatable bonds is 3. The predicted octanol–water partition coefficient (Wildman–Crippen LogP) is -0.624. The van der Waals surface area contributed by atoms with Gasteiger partial charge >= 0.3 is 5.97 Å². The Hall–Kier alpha value is -1.14. The molecule has 2 aliphatic rings. The number of nitrogens with zero attached hydrogens (tertiary/aromatic N) is 2. The lowest BCUT2D eigenvalue weighted by Crippen LogP contribution is -2.44. The highest BCUT2D eigenvalue weighted by Gasteiger charge is 2.29. The zero-order valence-electron chi connectivity index (χ0n) is 10.4. The fraction of sp³-hybridized carbons (Fsp3) is 0.833. The van der Waals surface area contributed by atoms with Crippen LogP contribution in [0.3, 0.4) is 0 Å². The average molecular weight is 256 g/mol. The van der Waals surface area contributed by atoms with Gasteiger partial charge in [-0.05, 0) is 19.3 Å². The number of likely N-dealkylation sites (tertiary alicyclic amines) is 2. The van der Waals surface area contributed by atoms with Crippen molar-refractivity contribution in [2.45, 2.75) is 25.4 Å². The first kappa shape index (κ1) is 13.3. The van der Waals surface area contributed by atoms with Crippen molar-refractivity contribution in [2.75, 3.05) is 32.7 Å². The Morgan fingerprint density at radius 2 is 1.78 bits per heavy atom. The number of aliphatic hydroxyl groups is 1. The molecule has 6 nitrogen and oxygen atoms in total. The van der Waals surface area contributed by atoms with E-state index in [4.69, 9.17) is 5.11 Å². The Labute approximate surface area is 106 Å². The third kappa shape index (κ3) is 3.20. The van der Waals surface area contributed by atoms with E-state index >= 15 is 0 Å². The van der Waals surface area contributed by atoms with Crippen molar-refractivity contribution < 1.29 is 19.8 Å². The molecule has 2 aliphatic heterocycles. The van der Waals surface area contributed by atoms with Gasteiger partial charge in [0, 0.05) is 26.2 Å². The second-order valence-electron chi connectivity index (χ2n) is 5.17. The third-order valence-electron chi connectivity index (χ3n) is 3.80. The Morgan fingerprint density at radius 1 is 1.11 bits per heavy atom. The van der Waals surface area contributed by atoms with Gasteiger partial charge in [0.15, 0.2) is 0 Å². The van der Waals surface area contributed by atoms with E-state index < -0.39 is 5.97 Å². The monoisotopic (exact) mass is 256 g/mol. The first-order chi connectivity index (χ1) is 8.56. The van der Waals surface area contributed by atoms with Crippen molar-refractivity contribution >= 4 is 11.9 Å². The van der Waals surface area contributed by atoms with Crippen LogP contribution >= 0.6 is 0 Å². The van der Waals surface area contributed by atoms with Crippen LogP contribution in [0, 0.1) is 5.92 Å². The Morgan fingerprint density at radius 3 is 2.28 bits per heavy atom. The minimum Gasteiger partial charge on any atom is -0.481 e. The number of hydrogen-bond acceptors (Lipinski definition) is 4. The van der Waals surface area contributed by atoms with E-state index in [0.29, 0.717) is 39.0 Å². The van der Waals surface area contributed by atoms with Crippen LogP contribution < -0.4 is 0 Å². The minimum atomic E-state index is -0.759. The second-order valence-corrected chi connectivity index (χ2v) is 5.17. The van der Waals surface area contributed by atoms with E-state index in [9.17, 15) is 14.7 Å². The van der Waals surface area contributed by atoms with Gasteiger partial charge in [0.05, 0.1) is 18.6 Å². The first-order valence-electron chi connectivity index (χ1n) is 6.47. The molecule has 0 aliphatic carbocycles. The number of amides is 1. The third-order valence-corrected chi connectivity index (χ3v) is 3.80. The SMILES string of the molecule is O=C(O)C1CCN(C(=O)CN2CCC(O)C2)CC1. The zero-order chi connectivity index (χ0) is 13.1. The fourth-order valence-corrected chi connectivity index (χ4v) is 2.62. The van der Waals surface area contributed by atoms with E-state index in [1.54, 1.807) is 4.90 Å². The van der Waals surface area contributed by atoms with Gasteiger partial charge < -0.3 is 15.1 Å². The number of β-amino-alcohol motifs (C(OH)–C–C–N with tert-alkyl or cyclic N) is 1. The van der Waals surface area contributed by atoms with Gasteiger partial charge in [0.1, 0.15) is 0 Å². The van der Waals surface area contributed by atoms with Crippen molar-refractivity contribution in [3.8, 4) is 0 Å². The lowest BCUT2D eigenvalue weighted by Gasteiger charge is -2.31. The van der Waals surface area contributed by atoms with Crippen molar-refractivity contribution in [2.24, 2.45) is 5.92 Å². The summed E-state index contributed by atoms with van der Waals surface area (Å²) in [5, 5.41) is 18.3. The van der Waals surface area contributed by atoms with Crippen LogP contribution in [-0.2, 0) is 9.59 Å². The fourth-order valence-electron chi connectivity index (χ4n) is 2.62. The number of carboxylic acids is 1. The molecule has 0 radical (unpaired) electrons. The molecule has 0 spiro atoms. The lowest BCUT2D eigenvalue weighted by atomic mass is 9.97. The van der Waals surface area contributed by atoms with Crippen LogP contribution in [0.5, 0.6) is 0 Å². The van der Waals surface area contributed by atoms with Gasteiger partial charge in [-0.2, -0.15) is 0 Å². The van der Waals surface area contributed by atoms with E-state index in [-0.39, 0.29) is 17.9 Å². The van der Waals surface area contributed by atoms with E-state index in [2.05, 4.69) is 0 Å². The van der Waals surface area contributed by atoms with Crippen molar-refractivity contribution in [3.05, 3.63) is 0 Å². The molecule has 0 bridgehead atoms. The molecule has 0 saturated carbocycles. The van der Waals surface area contributed by atoms with E-state index in [1.165, 1.54) is 0 Å². The molecule has 0 aromatic rings. The maximum atomic E-state index is 12.0. The topological polar surface area (TPSA) is 81.1 Å². The van der Waals surface area contributed by atoms with Gasteiger partial charge in [0.25, 0.3) is 0 Å². The molecule has 102 valence electrons. The Balaban J connectivity index is 1.75. The molecule has 1 unspecified atom stereocenters. The number of carbonyl (C=O) groups is 2. The normalized spacial score (nSPS) is 26.5. The number of carbonyl (C=O) groups excluding carboxylic acids is 1. The van der Waals surface area contributed by atoms with Crippen molar-refractivity contribution in [3.63, 3.8) is 0 Å². The molecule has 2 fully saturated rings. The summed E-state index contributed by atoms with van der Waals surface area (Å²) in [5.41, 5.74) is 0.